The van der Waals surface area contributed by atoms with Crippen molar-refractivity contribution >= 4 is 20.2 Å². The second-order valence-corrected chi connectivity index (χ2v) is 10.8. The van der Waals surface area contributed by atoms with E-state index < -0.39 is 53.6 Å². The number of halogens is 6. The van der Waals surface area contributed by atoms with Crippen molar-refractivity contribution in [3.8, 4) is 11.5 Å². The summed E-state index contributed by atoms with van der Waals surface area (Å²) in [6, 6.07) is 2.93. The summed E-state index contributed by atoms with van der Waals surface area (Å²) in [5.74, 6) is -1.26. The van der Waals surface area contributed by atoms with Crippen molar-refractivity contribution in [1.82, 2.24) is 0 Å². The molecule has 0 aromatic heterocycles. The number of hydrogen-bond donors (Lipinski definition) is 0. The van der Waals surface area contributed by atoms with E-state index in [0.29, 0.717) is 27.7 Å². The average molecular weight is 458 g/mol. The first kappa shape index (κ1) is 24.3. The summed E-state index contributed by atoms with van der Waals surface area (Å²) in [6.45, 7) is 1.52. The molecule has 0 unspecified atom stereocenters. The Kier molecular flexibility index (Phi) is 6.06. The van der Waals surface area contributed by atoms with Gasteiger partial charge >= 0.3 is 32.6 Å². The molecule has 0 spiro atoms. The van der Waals surface area contributed by atoms with Crippen molar-refractivity contribution in [3.63, 3.8) is 0 Å². The zero-order valence-corrected chi connectivity index (χ0v) is 16.5. The highest BCUT2D eigenvalue weighted by Gasteiger charge is 2.59. The standard InChI is InChI=1S/C14H16F6O6S2/c1-11(2,13(15,16)17)27(21,22)25-9-5-7-10(8-6-9)26-28(23,24)12(3,4)14(18,19)20/h5-8H,1-4H3. The highest BCUT2D eigenvalue weighted by Crippen LogP contribution is 2.39. The maximum absolute atomic E-state index is 12.9. The number of hydrogen-bond acceptors (Lipinski definition) is 6. The minimum Gasteiger partial charge on any atom is -0.382 e. The van der Waals surface area contributed by atoms with Crippen LogP contribution in [0.15, 0.2) is 24.3 Å². The third kappa shape index (κ3) is 4.47. The molecule has 28 heavy (non-hydrogen) atoms. The fourth-order valence-electron chi connectivity index (χ4n) is 1.30. The van der Waals surface area contributed by atoms with Gasteiger partial charge < -0.3 is 8.37 Å². The van der Waals surface area contributed by atoms with Gasteiger partial charge in [-0.05, 0) is 52.0 Å². The van der Waals surface area contributed by atoms with Gasteiger partial charge in [-0.2, -0.15) is 43.2 Å². The fraction of sp³-hybridized carbons (Fsp3) is 0.571. The molecule has 0 fully saturated rings. The van der Waals surface area contributed by atoms with Gasteiger partial charge in [0.15, 0.2) is 9.49 Å². The van der Waals surface area contributed by atoms with Gasteiger partial charge in [-0.15, -0.1) is 0 Å². The van der Waals surface area contributed by atoms with Crippen molar-refractivity contribution in [2.45, 2.75) is 49.5 Å². The Morgan fingerprint density at radius 1 is 0.607 bits per heavy atom. The van der Waals surface area contributed by atoms with Crippen LogP contribution in [0.1, 0.15) is 27.7 Å². The summed E-state index contributed by atoms with van der Waals surface area (Å²) >= 11 is 0. The Labute approximate surface area is 157 Å². The topological polar surface area (TPSA) is 86.7 Å². The van der Waals surface area contributed by atoms with E-state index in [0.717, 1.165) is 24.3 Å². The summed E-state index contributed by atoms with van der Waals surface area (Å²) in [4.78, 5) is 0. The lowest BCUT2D eigenvalue weighted by atomic mass is 10.2. The molecule has 0 saturated carbocycles. The Bertz CT molecular complexity index is 836. The lowest BCUT2D eigenvalue weighted by Crippen LogP contribution is -2.48. The molecule has 1 aromatic rings. The van der Waals surface area contributed by atoms with Crippen LogP contribution in [0.3, 0.4) is 0 Å². The molecule has 0 heterocycles. The van der Waals surface area contributed by atoms with Crippen LogP contribution in [0.4, 0.5) is 26.3 Å². The molecule has 0 amide bonds. The molecule has 1 rings (SSSR count). The van der Waals surface area contributed by atoms with Crippen LogP contribution in [-0.4, -0.2) is 38.7 Å². The molecule has 1 aromatic carbocycles. The minimum atomic E-state index is -5.19. The summed E-state index contributed by atoms with van der Waals surface area (Å²) < 4.78 is 127. The van der Waals surface area contributed by atoms with Crippen LogP contribution < -0.4 is 8.37 Å². The van der Waals surface area contributed by atoms with Gasteiger partial charge in [-0.25, -0.2) is 0 Å². The lowest BCUT2D eigenvalue weighted by molar-refractivity contribution is -0.155. The van der Waals surface area contributed by atoms with E-state index >= 15 is 0 Å². The summed E-state index contributed by atoms with van der Waals surface area (Å²) in [7, 11) is -10.4. The van der Waals surface area contributed by atoms with E-state index in [4.69, 9.17) is 0 Å². The van der Waals surface area contributed by atoms with Gasteiger partial charge in [0.2, 0.25) is 0 Å². The Morgan fingerprint density at radius 2 is 0.821 bits per heavy atom. The maximum atomic E-state index is 12.9. The largest absolute Gasteiger partial charge is 0.411 e. The smallest absolute Gasteiger partial charge is 0.382 e. The second kappa shape index (κ2) is 6.97. The van der Waals surface area contributed by atoms with E-state index in [1.165, 1.54) is 0 Å². The van der Waals surface area contributed by atoms with Gasteiger partial charge in [-0.1, -0.05) is 0 Å². The minimum absolute atomic E-state index is 0.381. The van der Waals surface area contributed by atoms with Crippen LogP contribution in [0.2, 0.25) is 0 Å². The van der Waals surface area contributed by atoms with Gasteiger partial charge in [0.1, 0.15) is 11.5 Å². The molecule has 0 aliphatic carbocycles. The van der Waals surface area contributed by atoms with E-state index in [1.54, 1.807) is 0 Å². The summed E-state index contributed by atoms with van der Waals surface area (Å²) in [5.41, 5.74) is 0. The highest BCUT2D eigenvalue weighted by molar-refractivity contribution is 7.88. The van der Waals surface area contributed by atoms with Crippen LogP contribution in [0.5, 0.6) is 11.5 Å². The first-order valence-corrected chi connectivity index (χ1v) is 10.1. The Morgan fingerprint density at radius 3 is 1.00 bits per heavy atom. The molecule has 0 bridgehead atoms. The number of benzene rings is 1. The van der Waals surface area contributed by atoms with Crippen LogP contribution in [0.25, 0.3) is 0 Å². The molecule has 0 saturated heterocycles. The normalized spacial score (nSPS) is 14.6. The van der Waals surface area contributed by atoms with Crippen molar-refractivity contribution in [1.29, 1.82) is 0 Å². The van der Waals surface area contributed by atoms with Gasteiger partial charge in [0.25, 0.3) is 0 Å². The first-order valence-electron chi connectivity index (χ1n) is 7.27. The van der Waals surface area contributed by atoms with Crippen molar-refractivity contribution < 1.29 is 51.5 Å². The Balaban J connectivity index is 3.09. The third-order valence-electron chi connectivity index (χ3n) is 3.85. The zero-order valence-electron chi connectivity index (χ0n) is 14.8. The summed E-state index contributed by atoms with van der Waals surface area (Å²) in [5, 5.41) is 0. The maximum Gasteiger partial charge on any atom is 0.411 e. The quantitative estimate of drug-likeness (QED) is 0.476. The average Bonchev–Trinajstić information content (AvgIpc) is 2.46. The molecular weight excluding hydrogens is 442 g/mol. The van der Waals surface area contributed by atoms with Crippen LogP contribution in [-0.2, 0) is 20.2 Å². The first-order chi connectivity index (χ1) is 12.2. The Hall–Kier alpha value is -1.70. The van der Waals surface area contributed by atoms with Crippen molar-refractivity contribution in [2.24, 2.45) is 0 Å². The van der Waals surface area contributed by atoms with E-state index in [9.17, 15) is 43.2 Å². The van der Waals surface area contributed by atoms with Crippen molar-refractivity contribution in [3.05, 3.63) is 24.3 Å². The number of rotatable bonds is 6. The molecule has 162 valence electrons. The molecule has 0 N–H and O–H groups in total. The highest BCUT2D eigenvalue weighted by atomic mass is 32.2. The zero-order chi connectivity index (χ0) is 22.4. The van der Waals surface area contributed by atoms with Gasteiger partial charge in [-0.3, -0.25) is 0 Å². The monoisotopic (exact) mass is 458 g/mol. The van der Waals surface area contributed by atoms with E-state index in [-0.39, 0.29) is 0 Å². The third-order valence-corrected chi connectivity index (χ3v) is 7.64. The molecule has 0 aliphatic heterocycles. The van der Waals surface area contributed by atoms with E-state index in [2.05, 4.69) is 8.37 Å². The molecule has 0 atom stereocenters. The predicted octanol–water partition coefficient (Wildman–Crippen LogP) is 3.79. The van der Waals surface area contributed by atoms with Gasteiger partial charge in [0.05, 0.1) is 0 Å². The van der Waals surface area contributed by atoms with Gasteiger partial charge in [0, 0.05) is 0 Å². The molecule has 0 aliphatic rings. The van der Waals surface area contributed by atoms with Crippen LogP contribution >= 0.6 is 0 Å². The predicted molar refractivity (Wildman–Crippen MR) is 85.8 cm³/mol. The van der Waals surface area contributed by atoms with E-state index in [1.807, 2.05) is 0 Å². The second-order valence-electron chi connectivity index (χ2n) is 6.56. The van der Waals surface area contributed by atoms with Crippen molar-refractivity contribution in [2.75, 3.05) is 0 Å². The molecule has 14 heteroatoms. The number of alkyl halides is 6. The summed E-state index contributed by atoms with van der Waals surface area (Å²) in [6.07, 6.45) is -10.3. The molecule has 6 nitrogen and oxygen atoms in total. The molecular formula is C14H16F6O6S2. The SMILES string of the molecule is CC(C)(C(F)(F)F)S(=O)(=O)Oc1ccc(OS(=O)(=O)C(C)(C)C(F)(F)F)cc1. The lowest BCUT2D eigenvalue weighted by Gasteiger charge is -2.27. The molecule has 0 radical (unpaired) electrons. The fourth-order valence-corrected chi connectivity index (χ4v) is 3.01. The van der Waals surface area contributed by atoms with Crippen LogP contribution in [0, 0.1) is 0 Å².